The van der Waals surface area contributed by atoms with E-state index in [0.717, 1.165) is 5.69 Å². The molecule has 15 heavy (non-hydrogen) atoms. The van der Waals surface area contributed by atoms with Gasteiger partial charge in [-0.2, -0.15) is 5.10 Å². The van der Waals surface area contributed by atoms with Gasteiger partial charge in [0.1, 0.15) is 0 Å². The molecule has 0 atom stereocenters. The van der Waals surface area contributed by atoms with Gasteiger partial charge in [0.25, 0.3) is 0 Å². The first-order valence-corrected chi connectivity index (χ1v) is 4.55. The average Bonchev–Trinajstić information content (AvgIpc) is 2.66. The Labute approximate surface area is 87.1 Å². The number of hydrogen-bond acceptors (Lipinski definition) is 3. The molecule has 0 unspecified atom stereocenters. The smallest absolute Gasteiger partial charge is 0.309 e. The van der Waals surface area contributed by atoms with Gasteiger partial charge in [-0.05, 0) is 12.1 Å². The summed E-state index contributed by atoms with van der Waals surface area (Å²) in [5.41, 5.74) is 0.860. The fourth-order valence-corrected chi connectivity index (χ4v) is 1.28. The second kappa shape index (κ2) is 3.96. The maximum atomic E-state index is 10.8. The molecule has 0 spiro atoms. The van der Waals surface area contributed by atoms with E-state index in [1.165, 1.54) is 6.92 Å². The lowest BCUT2D eigenvalue weighted by atomic mass is 10.3. The maximum Gasteiger partial charge on any atom is 0.309 e. The standard InChI is InChI=1S/C11H10N2O2/c1-9(14)15-11-7-8-12-13(11)10-5-3-2-4-6-10/h2-8H,1H3. The van der Waals surface area contributed by atoms with Crippen molar-refractivity contribution in [3.63, 3.8) is 0 Å². The van der Waals surface area contributed by atoms with E-state index in [9.17, 15) is 4.79 Å². The highest BCUT2D eigenvalue weighted by Gasteiger charge is 2.06. The topological polar surface area (TPSA) is 44.1 Å². The summed E-state index contributed by atoms with van der Waals surface area (Å²) < 4.78 is 6.57. The van der Waals surface area contributed by atoms with E-state index in [1.807, 2.05) is 30.3 Å². The molecular weight excluding hydrogens is 192 g/mol. The first-order valence-electron chi connectivity index (χ1n) is 4.55. The van der Waals surface area contributed by atoms with Gasteiger partial charge >= 0.3 is 5.97 Å². The normalized spacial score (nSPS) is 9.93. The van der Waals surface area contributed by atoms with E-state index in [0.29, 0.717) is 5.88 Å². The van der Waals surface area contributed by atoms with Gasteiger partial charge in [0.05, 0.1) is 11.9 Å². The van der Waals surface area contributed by atoms with E-state index in [4.69, 9.17) is 4.74 Å². The van der Waals surface area contributed by atoms with Gasteiger partial charge in [0.2, 0.25) is 5.88 Å². The first kappa shape index (κ1) is 9.45. The van der Waals surface area contributed by atoms with Crippen molar-refractivity contribution in [3.05, 3.63) is 42.6 Å². The molecule has 0 aliphatic rings. The van der Waals surface area contributed by atoms with Crippen LogP contribution >= 0.6 is 0 Å². The van der Waals surface area contributed by atoms with Crippen molar-refractivity contribution in [2.75, 3.05) is 0 Å². The largest absolute Gasteiger partial charge is 0.408 e. The highest BCUT2D eigenvalue weighted by atomic mass is 16.5. The predicted molar refractivity (Wildman–Crippen MR) is 54.9 cm³/mol. The minimum atomic E-state index is -0.354. The highest BCUT2D eigenvalue weighted by Crippen LogP contribution is 2.16. The monoisotopic (exact) mass is 202 g/mol. The van der Waals surface area contributed by atoms with Crippen LogP contribution in [0.25, 0.3) is 5.69 Å². The number of hydrogen-bond donors (Lipinski definition) is 0. The molecule has 0 amide bonds. The molecule has 0 saturated carbocycles. The Hall–Kier alpha value is -2.10. The summed E-state index contributed by atoms with van der Waals surface area (Å²) in [5, 5.41) is 4.08. The zero-order chi connectivity index (χ0) is 10.7. The number of nitrogens with zero attached hydrogens (tertiary/aromatic N) is 2. The second-order valence-electron chi connectivity index (χ2n) is 3.01. The molecule has 2 aromatic rings. The summed E-state index contributed by atoms with van der Waals surface area (Å²) in [4.78, 5) is 10.8. The summed E-state index contributed by atoms with van der Waals surface area (Å²) in [5.74, 6) is 0.0707. The lowest BCUT2D eigenvalue weighted by Crippen LogP contribution is -2.07. The molecule has 1 aromatic heterocycles. The molecule has 0 N–H and O–H groups in total. The van der Waals surface area contributed by atoms with Crippen LogP contribution in [-0.4, -0.2) is 15.7 Å². The lowest BCUT2D eigenvalue weighted by Gasteiger charge is -2.05. The Kier molecular flexibility index (Phi) is 2.49. The minimum absolute atomic E-state index is 0.354. The quantitative estimate of drug-likeness (QED) is 0.697. The Balaban J connectivity index is 2.37. The van der Waals surface area contributed by atoms with Crippen LogP contribution in [0.4, 0.5) is 0 Å². The van der Waals surface area contributed by atoms with E-state index >= 15 is 0 Å². The van der Waals surface area contributed by atoms with Crippen LogP contribution in [0.15, 0.2) is 42.6 Å². The number of aromatic nitrogens is 2. The van der Waals surface area contributed by atoms with Crippen molar-refractivity contribution < 1.29 is 9.53 Å². The number of rotatable bonds is 2. The van der Waals surface area contributed by atoms with Crippen LogP contribution in [0.5, 0.6) is 5.88 Å². The van der Waals surface area contributed by atoms with Crippen molar-refractivity contribution in [1.29, 1.82) is 0 Å². The Morgan fingerprint density at radius 2 is 2.00 bits per heavy atom. The van der Waals surface area contributed by atoms with Crippen LogP contribution in [-0.2, 0) is 4.79 Å². The van der Waals surface area contributed by atoms with E-state index in [1.54, 1.807) is 16.9 Å². The van der Waals surface area contributed by atoms with Crippen molar-refractivity contribution in [2.24, 2.45) is 0 Å². The van der Waals surface area contributed by atoms with Gasteiger partial charge in [-0.1, -0.05) is 18.2 Å². The van der Waals surface area contributed by atoms with E-state index in [-0.39, 0.29) is 5.97 Å². The van der Waals surface area contributed by atoms with Crippen LogP contribution in [0, 0.1) is 0 Å². The number of para-hydroxylation sites is 1. The van der Waals surface area contributed by atoms with Crippen LogP contribution in [0.3, 0.4) is 0 Å². The lowest BCUT2D eigenvalue weighted by molar-refractivity contribution is -0.132. The zero-order valence-electron chi connectivity index (χ0n) is 8.25. The summed E-state index contributed by atoms with van der Waals surface area (Å²) in [6, 6.07) is 11.1. The SMILES string of the molecule is CC(=O)Oc1ccnn1-c1ccccc1. The van der Waals surface area contributed by atoms with Gasteiger partial charge in [-0.3, -0.25) is 4.79 Å². The molecule has 1 aromatic carbocycles. The molecule has 76 valence electrons. The maximum absolute atomic E-state index is 10.8. The Bertz CT molecular complexity index is 462. The third kappa shape index (κ3) is 2.04. The third-order valence-electron chi connectivity index (χ3n) is 1.86. The van der Waals surface area contributed by atoms with Gasteiger partial charge in [0.15, 0.2) is 0 Å². The number of esters is 1. The number of benzene rings is 1. The van der Waals surface area contributed by atoms with Crippen LogP contribution in [0.1, 0.15) is 6.92 Å². The molecule has 0 radical (unpaired) electrons. The predicted octanol–water partition coefficient (Wildman–Crippen LogP) is 1.80. The van der Waals surface area contributed by atoms with Crippen molar-refractivity contribution in [3.8, 4) is 11.6 Å². The van der Waals surface area contributed by atoms with Crippen LogP contribution in [0.2, 0.25) is 0 Å². The summed E-state index contributed by atoms with van der Waals surface area (Å²) >= 11 is 0. The summed E-state index contributed by atoms with van der Waals surface area (Å²) in [6.07, 6.45) is 1.59. The fraction of sp³-hybridized carbons (Fsp3) is 0.0909. The molecule has 0 aliphatic heterocycles. The number of ether oxygens (including phenoxy) is 1. The third-order valence-corrected chi connectivity index (χ3v) is 1.86. The number of carbonyl (C=O) groups excluding carboxylic acids is 1. The molecule has 0 aliphatic carbocycles. The molecule has 0 fully saturated rings. The molecule has 4 heteroatoms. The fourth-order valence-electron chi connectivity index (χ4n) is 1.28. The van der Waals surface area contributed by atoms with Gasteiger partial charge in [-0.15, -0.1) is 0 Å². The minimum Gasteiger partial charge on any atom is -0.408 e. The zero-order valence-corrected chi connectivity index (χ0v) is 8.25. The average molecular weight is 202 g/mol. The Morgan fingerprint density at radius 3 is 2.67 bits per heavy atom. The summed E-state index contributed by atoms with van der Waals surface area (Å²) in [7, 11) is 0. The van der Waals surface area contributed by atoms with Gasteiger partial charge in [-0.25, -0.2) is 4.68 Å². The second-order valence-corrected chi connectivity index (χ2v) is 3.01. The van der Waals surface area contributed by atoms with Crippen molar-refractivity contribution in [2.45, 2.75) is 6.92 Å². The van der Waals surface area contributed by atoms with Crippen molar-refractivity contribution in [1.82, 2.24) is 9.78 Å². The summed E-state index contributed by atoms with van der Waals surface area (Å²) in [6.45, 7) is 1.36. The molecule has 1 heterocycles. The Morgan fingerprint density at radius 1 is 1.27 bits per heavy atom. The molecule has 4 nitrogen and oxygen atoms in total. The van der Waals surface area contributed by atoms with Crippen LogP contribution < -0.4 is 4.74 Å². The van der Waals surface area contributed by atoms with Crippen molar-refractivity contribution >= 4 is 5.97 Å². The first-order chi connectivity index (χ1) is 7.27. The van der Waals surface area contributed by atoms with Gasteiger partial charge < -0.3 is 4.74 Å². The number of carbonyl (C=O) groups is 1. The molecule has 0 bridgehead atoms. The molecule has 2 rings (SSSR count). The molecular formula is C11H10N2O2. The molecule has 0 saturated heterocycles. The van der Waals surface area contributed by atoms with Gasteiger partial charge in [0, 0.05) is 13.0 Å². The highest BCUT2D eigenvalue weighted by molar-refractivity contribution is 5.68. The van der Waals surface area contributed by atoms with E-state index < -0.39 is 0 Å². The van der Waals surface area contributed by atoms with E-state index in [2.05, 4.69) is 5.10 Å².